The molecule has 0 fully saturated rings. The summed E-state index contributed by atoms with van der Waals surface area (Å²) in [5.41, 5.74) is 1.62. The highest BCUT2D eigenvalue weighted by molar-refractivity contribution is 7.92. The summed E-state index contributed by atoms with van der Waals surface area (Å²) in [7, 11) is -3.74. The molecule has 1 aromatic heterocycles. The fourth-order valence-electron chi connectivity index (χ4n) is 1.65. The first-order chi connectivity index (χ1) is 11.4. The number of benzene rings is 1. The molecule has 0 aliphatic rings. The number of anilines is 2. The lowest BCUT2D eigenvalue weighted by atomic mass is 10.3. The highest BCUT2D eigenvalue weighted by Gasteiger charge is 2.15. The molecule has 7 nitrogen and oxygen atoms in total. The summed E-state index contributed by atoms with van der Waals surface area (Å²) in [6, 6.07) is 7.78. The Morgan fingerprint density at radius 3 is 2.42 bits per heavy atom. The molecule has 0 radical (unpaired) electrons. The van der Waals surface area contributed by atoms with Crippen molar-refractivity contribution in [3.8, 4) is 0 Å². The van der Waals surface area contributed by atoms with Crippen LogP contribution in [-0.4, -0.2) is 30.0 Å². The maximum absolute atomic E-state index is 12.3. The lowest BCUT2D eigenvalue weighted by molar-refractivity contribution is 0.601. The maximum atomic E-state index is 12.3. The summed E-state index contributed by atoms with van der Waals surface area (Å²) < 4.78 is 26.8. The van der Waals surface area contributed by atoms with Crippen molar-refractivity contribution in [3.63, 3.8) is 0 Å². The number of hydrogen-bond donors (Lipinski definition) is 3. The largest absolute Gasteiger partial charge is 0.359 e. The predicted octanol–water partition coefficient (Wildman–Crippen LogP) is 2.14. The number of sulfonamides is 1. The molecular weight excluding hydrogens is 346 g/mol. The topological polar surface area (TPSA) is 96.0 Å². The van der Waals surface area contributed by atoms with Gasteiger partial charge in [-0.2, -0.15) is 0 Å². The number of thiocarbonyl (C=S) groups is 1. The van der Waals surface area contributed by atoms with Gasteiger partial charge in [-0.1, -0.05) is 12.2 Å². The first-order valence-corrected chi connectivity index (χ1v) is 8.85. The average Bonchev–Trinajstić information content (AvgIpc) is 2.54. The van der Waals surface area contributed by atoms with E-state index >= 15 is 0 Å². The lowest BCUT2D eigenvalue weighted by Crippen LogP contribution is -2.29. The van der Waals surface area contributed by atoms with Gasteiger partial charge in [-0.15, -0.1) is 0 Å². The minimum absolute atomic E-state index is 0.0184. The number of nitrogens with one attached hydrogen (secondary N) is 3. The van der Waals surface area contributed by atoms with Gasteiger partial charge in [-0.25, -0.2) is 23.1 Å². The molecule has 1 aromatic carbocycles. The molecule has 2 rings (SSSR count). The molecule has 0 aliphatic carbocycles. The first-order valence-electron chi connectivity index (χ1n) is 6.96. The number of aromatic nitrogens is 2. The van der Waals surface area contributed by atoms with Crippen LogP contribution in [0.5, 0.6) is 0 Å². The van der Waals surface area contributed by atoms with E-state index in [0.29, 0.717) is 17.3 Å². The number of hydrogen-bond acceptors (Lipinski definition) is 5. The maximum Gasteiger partial charge on any atom is 0.264 e. The Morgan fingerprint density at radius 1 is 1.21 bits per heavy atom. The molecule has 0 aliphatic heterocycles. The highest BCUT2D eigenvalue weighted by atomic mass is 32.2. The summed E-state index contributed by atoms with van der Waals surface area (Å²) in [6.45, 7) is 6.23. The van der Waals surface area contributed by atoms with Gasteiger partial charge in [0.2, 0.25) is 5.95 Å². The van der Waals surface area contributed by atoms with Crippen molar-refractivity contribution in [1.29, 1.82) is 0 Å². The summed E-state index contributed by atoms with van der Waals surface area (Å²) in [5.74, 6) is 0.0184. The Bertz CT molecular complexity index is 821. The van der Waals surface area contributed by atoms with Crippen molar-refractivity contribution >= 4 is 39.0 Å². The van der Waals surface area contributed by atoms with Gasteiger partial charge in [-0.05, 0) is 49.5 Å². The fourth-order valence-corrected chi connectivity index (χ4v) is 2.80. The van der Waals surface area contributed by atoms with Crippen molar-refractivity contribution in [2.75, 3.05) is 16.6 Å². The van der Waals surface area contributed by atoms with Crippen molar-refractivity contribution in [3.05, 3.63) is 54.9 Å². The Balaban J connectivity index is 2.03. The Morgan fingerprint density at radius 2 is 1.83 bits per heavy atom. The SMILES string of the molecule is C=C(C)CNC(=S)Nc1ccc(S(=O)(=O)Nc2ncccn2)cc1. The second kappa shape index (κ2) is 7.84. The smallest absolute Gasteiger partial charge is 0.264 e. The number of nitrogens with zero attached hydrogens (tertiary/aromatic N) is 2. The van der Waals surface area contributed by atoms with Crippen molar-refractivity contribution < 1.29 is 8.42 Å². The van der Waals surface area contributed by atoms with Gasteiger partial charge in [0.25, 0.3) is 10.0 Å². The fraction of sp³-hybridized carbons (Fsp3) is 0.133. The van der Waals surface area contributed by atoms with Gasteiger partial charge in [-0.3, -0.25) is 0 Å². The average molecular weight is 363 g/mol. The molecule has 1 heterocycles. The molecule has 0 atom stereocenters. The van der Waals surface area contributed by atoms with Crippen molar-refractivity contribution in [2.45, 2.75) is 11.8 Å². The zero-order valence-corrected chi connectivity index (χ0v) is 14.6. The summed E-state index contributed by atoms with van der Waals surface area (Å²) in [5, 5.41) is 6.38. The van der Waals surface area contributed by atoms with E-state index in [1.54, 1.807) is 18.2 Å². The normalized spacial score (nSPS) is 10.7. The number of rotatable bonds is 6. The van der Waals surface area contributed by atoms with Crippen LogP contribution < -0.4 is 15.4 Å². The van der Waals surface area contributed by atoms with Gasteiger partial charge in [0.15, 0.2) is 5.11 Å². The van der Waals surface area contributed by atoms with Crippen LogP contribution in [0.1, 0.15) is 6.92 Å². The van der Waals surface area contributed by atoms with Crippen molar-refractivity contribution in [2.24, 2.45) is 0 Å². The van der Waals surface area contributed by atoms with Crippen LogP contribution in [-0.2, 0) is 10.0 Å². The molecule has 126 valence electrons. The first kappa shape index (κ1) is 17.8. The predicted molar refractivity (Wildman–Crippen MR) is 98.3 cm³/mol. The summed E-state index contributed by atoms with van der Waals surface area (Å²) in [4.78, 5) is 7.77. The molecular formula is C15H17N5O2S2. The monoisotopic (exact) mass is 363 g/mol. The van der Waals surface area contributed by atoms with Gasteiger partial charge in [0, 0.05) is 24.6 Å². The van der Waals surface area contributed by atoms with E-state index in [1.165, 1.54) is 24.5 Å². The van der Waals surface area contributed by atoms with Crippen LogP contribution >= 0.6 is 12.2 Å². The Hall–Kier alpha value is -2.52. The second-order valence-electron chi connectivity index (χ2n) is 4.97. The van der Waals surface area contributed by atoms with Crippen LogP contribution in [0.4, 0.5) is 11.6 Å². The molecule has 3 N–H and O–H groups in total. The van der Waals surface area contributed by atoms with Crippen LogP contribution in [0.15, 0.2) is 59.8 Å². The molecule has 0 saturated heterocycles. The third kappa shape index (κ3) is 5.28. The molecule has 0 saturated carbocycles. The molecule has 0 amide bonds. The molecule has 2 aromatic rings. The van der Waals surface area contributed by atoms with E-state index in [1.807, 2.05) is 6.92 Å². The van der Waals surface area contributed by atoms with E-state index in [2.05, 4.69) is 31.9 Å². The van der Waals surface area contributed by atoms with Gasteiger partial charge in [0.1, 0.15) is 0 Å². The van der Waals surface area contributed by atoms with Crippen molar-refractivity contribution in [1.82, 2.24) is 15.3 Å². The minimum Gasteiger partial charge on any atom is -0.359 e. The van der Waals surface area contributed by atoms with Gasteiger partial charge >= 0.3 is 0 Å². The van der Waals surface area contributed by atoms with Crippen LogP contribution in [0, 0.1) is 0 Å². The second-order valence-corrected chi connectivity index (χ2v) is 7.06. The molecule has 0 bridgehead atoms. The van der Waals surface area contributed by atoms with E-state index < -0.39 is 10.0 Å². The van der Waals surface area contributed by atoms with Crippen LogP contribution in [0.3, 0.4) is 0 Å². The van der Waals surface area contributed by atoms with E-state index in [0.717, 1.165) is 5.57 Å². The zero-order chi connectivity index (χ0) is 17.6. The highest BCUT2D eigenvalue weighted by Crippen LogP contribution is 2.16. The molecule has 9 heteroatoms. The van der Waals surface area contributed by atoms with E-state index in [-0.39, 0.29) is 10.8 Å². The van der Waals surface area contributed by atoms with E-state index in [9.17, 15) is 8.42 Å². The van der Waals surface area contributed by atoms with Crippen LogP contribution in [0.2, 0.25) is 0 Å². The van der Waals surface area contributed by atoms with Gasteiger partial charge < -0.3 is 10.6 Å². The lowest BCUT2D eigenvalue weighted by Gasteiger charge is -2.11. The van der Waals surface area contributed by atoms with E-state index in [4.69, 9.17) is 12.2 Å². The third-order valence-electron chi connectivity index (χ3n) is 2.76. The van der Waals surface area contributed by atoms with Crippen LogP contribution in [0.25, 0.3) is 0 Å². The Labute approximate surface area is 146 Å². The molecule has 0 unspecified atom stereocenters. The zero-order valence-electron chi connectivity index (χ0n) is 13.0. The third-order valence-corrected chi connectivity index (χ3v) is 4.36. The molecule has 24 heavy (non-hydrogen) atoms. The summed E-state index contributed by atoms with van der Waals surface area (Å²) in [6.07, 6.45) is 2.91. The van der Waals surface area contributed by atoms with Gasteiger partial charge in [0.05, 0.1) is 4.90 Å². The quantitative estimate of drug-likeness (QED) is 0.534. The standard InChI is InChI=1S/C15H17N5O2S2/c1-11(2)10-18-15(23)19-12-4-6-13(7-5-12)24(21,22)20-14-16-8-3-9-17-14/h3-9H,1,10H2,2H3,(H,16,17,20)(H2,18,19,23). The minimum atomic E-state index is -3.74. The molecule has 0 spiro atoms. The Kier molecular flexibility index (Phi) is 5.83. The summed E-state index contributed by atoms with van der Waals surface area (Å²) >= 11 is 5.14.